The number of ether oxygens (including phenoxy) is 3. The molecule has 33 heavy (non-hydrogen) atoms. The molecule has 0 saturated heterocycles. The molecule has 1 N–H and O–H groups in total. The lowest BCUT2D eigenvalue weighted by Crippen LogP contribution is -2.29. The maximum atomic E-state index is 12.7. The van der Waals surface area contributed by atoms with Crippen molar-refractivity contribution in [3.8, 4) is 22.8 Å². The standard InChI is InChI=1S/C23H24N4O5S/c1-15-4-5-17(11-25-15)22(29)26-23-27(9-3-8-24-21(28)12-30-2)18(13-33-23)16-6-7-19-20(10-16)32-14-31-19/h4-7,10-11,13H,3,8-9,12,14H2,1-2H3,(H,24,28). The molecule has 0 bridgehead atoms. The van der Waals surface area contributed by atoms with Crippen molar-refractivity contribution in [3.63, 3.8) is 0 Å². The van der Waals surface area contributed by atoms with Crippen LogP contribution in [0.25, 0.3) is 11.3 Å². The lowest BCUT2D eigenvalue weighted by molar-refractivity contribution is -0.124. The first-order chi connectivity index (χ1) is 16.0. The summed E-state index contributed by atoms with van der Waals surface area (Å²) >= 11 is 1.38. The summed E-state index contributed by atoms with van der Waals surface area (Å²) in [5.41, 5.74) is 3.08. The van der Waals surface area contributed by atoms with E-state index in [0.29, 0.717) is 41.4 Å². The smallest absolute Gasteiger partial charge is 0.281 e. The van der Waals surface area contributed by atoms with Gasteiger partial charge in [-0.15, -0.1) is 11.3 Å². The number of pyridine rings is 1. The molecule has 0 aliphatic carbocycles. The summed E-state index contributed by atoms with van der Waals surface area (Å²) in [7, 11) is 1.48. The number of thiazole rings is 1. The summed E-state index contributed by atoms with van der Waals surface area (Å²) in [6, 6.07) is 9.23. The molecule has 3 heterocycles. The van der Waals surface area contributed by atoms with Crippen molar-refractivity contribution in [2.45, 2.75) is 19.9 Å². The SMILES string of the molecule is COCC(=O)NCCCn1c(-c2ccc3c(c2)OCO3)csc1=NC(=O)c1ccc(C)nc1. The Morgan fingerprint density at radius 2 is 2.09 bits per heavy atom. The number of carbonyl (C=O) groups excluding carboxylic acids is 2. The molecular weight excluding hydrogens is 444 g/mol. The van der Waals surface area contributed by atoms with Gasteiger partial charge in [-0.25, -0.2) is 0 Å². The first-order valence-corrected chi connectivity index (χ1v) is 11.3. The summed E-state index contributed by atoms with van der Waals surface area (Å²) < 4.78 is 17.7. The number of methoxy groups -OCH3 is 1. The van der Waals surface area contributed by atoms with Crippen LogP contribution < -0.4 is 19.6 Å². The molecule has 0 atom stereocenters. The van der Waals surface area contributed by atoms with Gasteiger partial charge in [-0.2, -0.15) is 4.99 Å². The predicted molar refractivity (Wildman–Crippen MR) is 122 cm³/mol. The van der Waals surface area contributed by atoms with Gasteiger partial charge >= 0.3 is 0 Å². The molecule has 0 fully saturated rings. The Kier molecular flexibility index (Phi) is 7.16. The molecule has 0 radical (unpaired) electrons. The number of aryl methyl sites for hydroxylation is 1. The first-order valence-electron chi connectivity index (χ1n) is 10.4. The molecule has 3 aromatic rings. The molecule has 9 nitrogen and oxygen atoms in total. The fourth-order valence-corrected chi connectivity index (χ4v) is 4.25. The maximum Gasteiger partial charge on any atom is 0.281 e. The summed E-state index contributed by atoms with van der Waals surface area (Å²) in [4.78, 5) is 33.5. The van der Waals surface area contributed by atoms with Crippen LogP contribution in [0.1, 0.15) is 22.5 Å². The molecular formula is C23H24N4O5S. The van der Waals surface area contributed by atoms with Gasteiger partial charge < -0.3 is 24.1 Å². The van der Waals surface area contributed by atoms with Crippen molar-refractivity contribution in [2.24, 2.45) is 4.99 Å². The number of benzene rings is 1. The minimum Gasteiger partial charge on any atom is -0.454 e. The van der Waals surface area contributed by atoms with Crippen LogP contribution in [0, 0.1) is 6.92 Å². The van der Waals surface area contributed by atoms with Gasteiger partial charge in [-0.05, 0) is 43.7 Å². The van der Waals surface area contributed by atoms with E-state index >= 15 is 0 Å². The van der Waals surface area contributed by atoms with E-state index in [1.165, 1.54) is 24.6 Å². The van der Waals surface area contributed by atoms with Crippen LogP contribution in [0.2, 0.25) is 0 Å². The van der Waals surface area contributed by atoms with E-state index in [-0.39, 0.29) is 25.2 Å². The molecule has 1 aliphatic rings. The van der Waals surface area contributed by atoms with Gasteiger partial charge in [-0.3, -0.25) is 14.6 Å². The van der Waals surface area contributed by atoms with E-state index in [1.807, 2.05) is 35.1 Å². The van der Waals surface area contributed by atoms with Gasteiger partial charge in [0.1, 0.15) is 6.61 Å². The molecule has 0 spiro atoms. The van der Waals surface area contributed by atoms with Crippen LogP contribution in [-0.2, 0) is 16.1 Å². The van der Waals surface area contributed by atoms with Crippen molar-refractivity contribution in [1.82, 2.24) is 14.9 Å². The van der Waals surface area contributed by atoms with Crippen molar-refractivity contribution >= 4 is 23.2 Å². The lowest BCUT2D eigenvalue weighted by Gasteiger charge is -2.10. The fraction of sp³-hybridized carbons (Fsp3) is 0.304. The summed E-state index contributed by atoms with van der Waals surface area (Å²) in [5.74, 6) is 0.852. The highest BCUT2D eigenvalue weighted by molar-refractivity contribution is 7.07. The number of hydrogen-bond acceptors (Lipinski definition) is 7. The van der Waals surface area contributed by atoms with Crippen LogP contribution in [0.5, 0.6) is 11.5 Å². The van der Waals surface area contributed by atoms with Crippen molar-refractivity contribution in [3.05, 3.63) is 58.0 Å². The second-order valence-electron chi connectivity index (χ2n) is 7.36. The van der Waals surface area contributed by atoms with Gasteiger partial charge in [0, 0.05) is 43.0 Å². The largest absolute Gasteiger partial charge is 0.454 e. The average Bonchev–Trinajstić information content (AvgIpc) is 3.43. The van der Waals surface area contributed by atoms with E-state index in [9.17, 15) is 9.59 Å². The third-order valence-electron chi connectivity index (χ3n) is 4.98. The molecule has 2 aromatic heterocycles. The molecule has 0 saturated carbocycles. The van der Waals surface area contributed by atoms with Crippen molar-refractivity contribution in [1.29, 1.82) is 0 Å². The molecule has 1 aromatic carbocycles. The fourth-order valence-electron chi connectivity index (χ4n) is 3.31. The zero-order valence-electron chi connectivity index (χ0n) is 18.4. The Labute approximate surface area is 194 Å². The number of fused-ring (bicyclic) bond motifs is 1. The van der Waals surface area contributed by atoms with E-state index < -0.39 is 0 Å². The Morgan fingerprint density at radius 3 is 2.88 bits per heavy atom. The van der Waals surface area contributed by atoms with Crippen molar-refractivity contribution < 1.29 is 23.8 Å². The highest BCUT2D eigenvalue weighted by atomic mass is 32.1. The van der Waals surface area contributed by atoms with Gasteiger partial charge in [-0.1, -0.05) is 0 Å². The van der Waals surface area contributed by atoms with Crippen LogP contribution in [-0.4, -0.2) is 48.4 Å². The highest BCUT2D eigenvalue weighted by Crippen LogP contribution is 2.36. The number of carbonyl (C=O) groups is 2. The molecule has 1 aliphatic heterocycles. The van der Waals surface area contributed by atoms with Crippen LogP contribution in [0.15, 0.2) is 46.9 Å². The predicted octanol–water partition coefficient (Wildman–Crippen LogP) is 2.54. The summed E-state index contributed by atoms with van der Waals surface area (Å²) in [6.45, 7) is 3.11. The molecule has 10 heteroatoms. The normalized spacial score (nSPS) is 12.7. The number of hydrogen-bond donors (Lipinski definition) is 1. The zero-order chi connectivity index (χ0) is 23.2. The summed E-state index contributed by atoms with van der Waals surface area (Å²) in [6.07, 6.45) is 2.18. The molecule has 2 amide bonds. The second-order valence-corrected chi connectivity index (χ2v) is 8.20. The molecule has 0 unspecified atom stereocenters. The Bertz CT molecular complexity index is 1220. The quantitative estimate of drug-likeness (QED) is 0.510. The average molecular weight is 469 g/mol. The minimum atomic E-state index is -0.358. The van der Waals surface area contributed by atoms with E-state index in [0.717, 1.165) is 17.0 Å². The number of rotatable bonds is 8. The number of amides is 2. The van der Waals surface area contributed by atoms with Crippen LogP contribution in [0.4, 0.5) is 0 Å². The second kappa shape index (κ2) is 10.4. The monoisotopic (exact) mass is 468 g/mol. The third-order valence-corrected chi connectivity index (χ3v) is 5.84. The van der Waals surface area contributed by atoms with E-state index in [1.54, 1.807) is 12.1 Å². The van der Waals surface area contributed by atoms with Crippen molar-refractivity contribution in [2.75, 3.05) is 27.1 Å². The first kappa shape index (κ1) is 22.7. The number of aromatic nitrogens is 2. The maximum absolute atomic E-state index is 12.7. The van der Waals surface area contributed by atoms with Gasteiger partial charge in [0.25, 0.3) is 5.91 Å². The number of nitrogens with zero attached hydrogens (tertiary/aromatic N) is 3. The highest BCUT2D eigenvalue weighted by Gasteiger charge is 2.17. The number of nitrogens with one attached hydrogen (secondary N) is 1. The van der Waals surface area contributed by atoms with Crippen LogP contribution in [0.3, 0.4) is 0 Å². The Hall–Kier alpha value is -3.50. The molecule has 4 rings (SSSR count). The minimum absolute atomic E-state index is 0.0215. The van der Waals surface area contributed by atoms with Gasteiger partial charge in [0.2, 0.25) is 12.7 Å². The van der Waals surface area contributed by atoms with Gasteiger partial charge in [0.15, 0.2) is 16.3 Å². The Morgan fingerprint density at radius 1 is 1.24 bits per heavy atom. The molecule has 172 valence electrons. The topological polar surface area (TPSA) is 104 Å². The Balaban J connectivity index is 1.62. The van der Waals surface area contributed by atoms with E-state index in [2.05, 4.69) is 15.3 Å². The third kappa shape index (κ3) is 5.47. The summed E-state index contributed by atoms with van der Waals surface area (Å²) in [5, 5.41) is 4.77. The van der Waals surface area contributed by atoms with Crippen LogP contribution >= 0.6 is 11.3 Å². The van der Waals surface area contributed by atoms with E-state index in [4.69, 9.17) is 14.2 Å². The zero-order valence-corrected chi connectivity index (χ0v) is 19.2. The van der Waals surface area contributed by atoms with Gasteiger partial charge in [0.05, 0.1) is 11.3 Å². The lowest BCUT2D eigenvalue weighted by atomic mass is 10.1.